The van der Waals surface area contributed by atoms with Gasteiger partial charge in [0.05, 0.1) is 42.1 Å². The highest BCUT2D eigenvalue weighted by molar-refractivity contribution is 6.91. The van der Waals surface area contributed by atoms with Gasteiger partial charge in [-0.2, -0.15) is 0 Å². The number of aromatic nitrogens is 2. The zero-order valence-corrected chi connectivity index (χ0v) is 28.4. The van der Waals surface area contributed by atoms with Crippen molar-refractivity contribution in [3.63, 3.8) is 0 Å². The molecule has 0 aliphatic heterocycles. The first-order chi connectivity index (χ1) is 22.3. The molecular formula is C35H27N3O6Si2. The molecule has 0 saturated carbocycles. The third kappa shape index (κ3) is 5.17. The van der Waals surface area contributed by atoms with Crippen LogP contribution in [0.25, 0.3) is 32.9 Å². The minimum absolute atomic E-state index is 0.0695. The Morgan fingerprint density at radius 1 is 0.522 bits per heavy atom. The summed E-state index contributed by atoms with van der Waals surface area (Å²) < 4.78 is 13.9. The third-order valence-corrected chi connectivity index (χ3v) is 9.63. The smallest absolute Gasteiger partial charge is 0.266 e. The molecule has 0 amide bonds. The summed E-state index contributed by atoms with van der Waals surface area (Å²) >= 11 is 0. The van der Waals surface area contributed by atoms with Crippen LogP contribution in [0.5, 0.6) is 23.0 Å². The van der Waals surface area contributed by atoms with E-state index in [1.807, 2.05) is 55.5 Å². The lowest BCUT2D eigenvalue weighted by molar-refractivity contribution is 0.482. The lowest BCUT2D eigenvalue weighted by Crippen LogP contribution is -2.24. The number of rotatable bonds is 8. The molecule has 2 aromatic heterocycles. The van der Waals surface area contributed by atoms with Crippen molar-refractivity contribution in [2.75, 3.05) is 4.98 Å². The van der Waals surface area contributed by atoms with Crippen LogP contribution in [0.4, 0.5) is 5.69 Å². The van der Waals surface area contributed by atoms with Gasteiger partial charge >= 0.3 is 0 Å². The monoisotopic (exact) mass is 641 g/mol. The highest BCUT2D eigenvalue weighted by atomic mass is 29.1. The minimum atomic E-state index is -0.572. The lowest BCUT2D eigenvalue weighted by atomic mass is 10.1. The standard InChI is InChI=1S/C35H27N3O6Si2/c1-20-2-10-24(11-3-20)43-26-14-6-22(7-15-26)37-32(39)28-18-30-31(19-29(28)33(37)40)35(42)38(34(30)41)23-8-16-27(17-9-23)44-25-12-4-21(5-13-25)36-46-45/h2-19,36H,46H2,1,45H3. The van der Waals surface area contributed by atoms with E-state index in [9.17, 15) is 19.2 Å². The van der Waals surface area contributed by atoms with Crippen molar-refractivity contribution >= 4 is 46.2 Å². The maximum Gasteiger partial charge on any atom is 0.266 e. The summed E-state index contributed by atoms with van der Waals surface area (Å²) in [7, 11) is 1.01. The second-order valence-electron chi connectivity index (χ2n) is 10.9. The first-order valence-corrected chi connectivity index (χ1v) is 21.1. The molecule has 5 aromatic carbocycles. The molecule has 0 atom stereocenters. The molecule has 0 spiro atoms. The van der Waals surface area contributed by atoms with Crippen molar-refractivity contribution in [1.82, 2.24) is 9.13 Å². The van der Waals surface area contributed by atoms with E-state index in [2.05, 4.69) is 4.98 Å². The number of ether oxygens (including phenoxy) is 2. The number of anilines is 1. The van der Waals surface area contributed by atoms with Gasteiger partial charge in [0.25, 0.3) is 22.2 Å². The molecule has 2 heterocycles. The van der Waals surface area contributed by atoms with Crippen molar-refractivity contribution in [3.8, 4) is 34.4 Å². The average molecular weight is 642 g/mol. The average Bonchev–Trinajstić information content (AvgIpc) is 3.46. The van der Waals surface area contributed by atoms with E-state index in [0.717, 1.165) is 20.4 Å². The summed E-state index contributed by atoms with van der Waals surface area (Å²) in [5, 5.41) is 0.279. The van der Waals surface area contributed by atoms with E-state index in [4.69, 9.17) is 9.47 Å². The highest BCUT2D eigenvalue weighted by Crippen LogP contribution is 2.25. The largest absolute Gasteiger partial charge is 0.457 e. The highest BCUT2D eigenvalue weighted by Gasteiger charge is 2.21. The lowest BCUT2D eigenvalue weighted by Gasteiger charge is -2.08. The van der Waals surface area contributed by atoms with Crippen LogP contribution in [-0.2, 0) is 0 Å². The second-order valence-corrected chi connectivity index (χ2v) is 14.1. The van der Waals surface area contributed by atoms with E-state index in [0.29, 0.717) is 34.4 Å². The molecule has 9 nitrogen and oxygen atoms in total. The fraction of sp³-hybridized carbons (Fsp3) is 0.0286. The Balaban J connectivity index is 1.19. The van der Waals surface area contributed by atoms with Crippen LogP contribution < -0.4 is 36.7 Å². The summed E-state index contributed by atoms with van der Waals surface area (Å²) in [6.07, 6.45) is 0. The Kier molecular flexibility index (Phi) is 7.31. The molecule has 7 aromatic rings. The molecule has 0 saturated heterocycles. The molecule has 226 valence electrons. The number of aryl methyl sites for hydroxylation is 1. The van der Waals surface area contributed by atoms with E-state index < -0.39 is 22.2 Å². The van der Waals surface area contributed by atoms with Gasteiger partial charge in [0.2, 0.25) is 0 Å². The van der Waals surface area contributed by atoms with Crippen LogP contribution in [0, 0.1) is 6.92 Å². The van der Waals surface area contributed by atoms with Crippen molar-refractivity contribution in [2.45, 2.75) is 6.92 Å². The number of nitrogens with zero attached hydrogens (tertiary/aromatic N) is 2. The van der Waals surface area contributed by atoms with Gasteiger partial charge in [0, 0.05) is 15.4 Å². The Morgan fingerprint density at radius 3 is 1.20 bits per heavy atom. The molecule has 7 rings (SSSR count). The normalized spacial score (nSPS) is 11.6. The van der Waals surface area contributed by atoms with E-state index in [1.165, 1.54) is 21.9 Å². The zero-order chi connectivity index (χ0) is 31.9. The SMILES string of the molecule is Cc1ccc(Oc2ccc(-n3c(=O)c4cc5c(=O)n(-c6ccc(Oc7ccc(N[SiH2][SiH3])cc7)cc6)c(=O)c5cc4c3=O)cc2)cc1. The Labute approximate surface area is 266 Å². The van der Waals surface area contributed by atoms with Gasteiger partial charge in [0.15, 0.2) is 0 Å². The molecule has 1 N–H and O–H groups in total. The molecule has 46 heavy (non-hydrogen) atoms. The predicted molar refractivity (Wildman–Crippen MR) is 187 cm³/mol. The van der Waals surface area contributed by atoms with Crippen LogP contribution in [0.15, 0.2) is 128 Å². The van der Waals surface area contributed by atoms with Gasteiger partial charge in [-0.1, -0.05) is 17.7 Å². The first-order valence-electron chi connectivity index (χ1n) is 14.7. The number of fused-ring (bicyclic) bond motifs is 2. The summed E-state index contributed by atoms with van der Waals surface area (Å²) in [4.78, 5) is 57.2. The molecule has 0 bridgehead atoms. The molecular weight excluding hydrogens is 615 g/mol. The van der Waals surface area contributed by atoms with Crippen molar-refractivity contribution < 1.29 is 9.47 Å². The number of hydrogen-bond acceptors (Lipinski definition) is 7. The summed E-state index contributed by atoms with van der Waals surface area (Å²) in [5.74, 6) is 2.41. The van der Waals surface area contributed by atoms with Crippen LogP contribution in [0.3, 0.4) is 0 Å². The Bertz CT molecular complexity index is 2370. The van der Waals surface area contributed by atoms with E-state index >= 15 is 0 Å². The van der Waals surface area contributed by atoms with Crippen molar-refractivity contribution in [2.24, 2.45) is 0 Å². The van der Waals surface area contributed by atoms with Gasteiger partial charge in [-0.05, 0) is 104 Å². The Hall–Kier alpha value is -5.79. The van der Waals surface area contributed by atoms with E-state index in [1.54, 1.807) is 48.5 Å². The zero-order valence-electron chi connectivity index (χ0n) is 24.9. The topological polar surface area (TPSA) is 109 Å². The fourth-order valence-electron chi connectivity index (χ4n) is 5.49. The second kappa shape index (κ2) is 11.6. The van der Waals surface area contributed by atoms with Crippen LogP contribution in [0.2, 0.25) is 0 Å². The van der Waals surface area contributed by atoms with Gasteiger partial charge < -0.3 is 14.5 Å². The number of hydrogen-bond donors (Lipinski definition) is 1. The number of nitrogens with one attached hydrogen (secondary N) is 1. The van der Waals surface area contributed by atoms with Crippen molar-refractivity contribution in [3.05, 3.63) is 156 Å². The molecule has 11 heteroatoms. The third-order valence-electron chi connectivity index (χ3n) is 7.81. The maximum atomic E-state index is 13.5. The van der Waals surface area contributed by atoms with Crippen LogP contribution in [0.1, 0.15) is 5.56 Å². The van der Waals surface area contributed by atoms with Crippen LogP contribution in [-0.4, -0.2) is 28.1 Å². The summed E-state index contributed by atoms with van der Waals surface area (Å²) in [6, 6.07) is 31.2. The Morgan fingerprint density at radius 2 is 0.848 bits per heavy atom. The van der Waals surface area contributed by atoms with Gasteiger partial charge in [-0.3, -0.25) is 19.2 Å². The maximum absolute atomic E-state index is 13.5. The molecule has 0 unspecified atom stereocenters. The van der Waals surface area contributed by atoms with Crippen LogP contribution >= 0.6 is 0 Å². The quantitative estimate of drug-likeness (QED) is 0.253. The molecule has 0 radical (unpaired) electrons. The predicted octanol–water partition coefficient (Wildman–Crippen LogP) is 3.56. The van der Waals surface area contributed by atoms with Gasteiger partial charge in [0.1, 0.15) is 23.0 Å². The van der Waals surface area contributed by atoms with E-state index in [-0.39, 0.29) is 30.7 Å². The minimum Gasteiger partial charge on any atom is -0.457 e. The van der Waals surface area contributed by atoms with Gasteiger partial charge in [-0.25, -0.2) is 9.13 Å². The van der Waals surface area contributed by atoms with Gasteiger partial charge in [-0.15, -0.1) is 0 Å². The summed E-state index contributed by atoms with van der Waals surface area (Å²) in [5.41, 5.74) is 0.602. The number of benzene rings is 5. The first kappa shape index (κ1) is 29.0. The van der Waals surface area contributed by atoms with Crippen molar-refractivity contribution in [1.29, 1.82) is 0 Å². The molecule has 0 aliphatic rings. The summed E-state index contributed by atoms with van der Waals surface area (Å²) in [6.45, 7) is 1.99. The fourth-order valence-corrected chi connectivity index (χ4v) is 7.36. The molecule has 0 fully saturated rings. The molecule has 0 aliphatic carbocycles.